The van der Waals surface area contributed by atoms with Crippen LogP contribution in [0, 0.1) is 0 Å². The summed E-state index contributed by atoms with van der Waals surface area (Å²) in [7, 11) is -2.91. The van der Waals surface area contributed by atoms with E-state index < -0.39 is 9.84 Å². The molecule has 1 aliphatic heterocycles. The maximum absolute atomic E-state index is 11.8. The maximum Gasteiger partial charge on any atom is 0.155 e. The molecule has 0 radical (unpaired) electrons. The van der Waals surface area contributed by atoms with Crippen molar-refractivity contribution in [2.45, 2.75) is 11.7 Å². The second-order valence-corrected chi connectivity index (χ2v) is 7.34. The summed E-state index contributed by atoms with van der Waals surface area (Å²) in [6, 6.07) is 7.79. The molecular weight excluding hydrogens is 290 g/mol. The molecular formula is C11H14BrNO2S. The van der Waals surface area contributed by atoms with Crippen LogP contribution in [-0.2, 0) is 16.3 Å². The third-order valence-corrected chi connectivity index (χ3v) is 5.43. The highest BCUT2D eigenvalue weighted by molar-refractivity contribution is 9.10. The first-order valence-corrected chi connectivity index (χ1v) is 7.75. The van der Waals surface area contributed by atoms with Gasteiger partial charge in [0, 0.05) is 17.6 Å². The number of rotatable bonds is 4. The Balaban J connectivity index is 1.96. The quantitative estimate of drug-likeness (QED) is 0.914. The van der Waals surface area contributed by atoms with Gasteiger partial charge in [0.1, 0.15) is 0 Å². The van der Waals surface area contributed by atoms with Crippen LogP contribution in [0.1, 0.15) is 5.56 Å². The molecule has 1 heterocycles. The molecule has 0 aliphatic carbocycles. The van der Waals surface area contributed by atoms with Gasteiger partial charge in [0.25, 0.3) is 0 Å². The topological polar surface area (TPSA) is 46.2 Å². The minimum absolute atomic E-state index is 0.167. The summed E-state index contributed by atoms with van der Waals surface area (Å²) in [5.41, 5.74) is 1.06. The van der Waals surface area contributed by atoms with Crippen molar-refractivity contribution in [3.8, 4) is 0 Å². The standard InChI is InChI=1S/C11H14BrNO2S/c12-10-3-1-2-9(6-10)4-5-16(14,15)11-7-13-8-11/h1-3,6,11,13H,4-5,7-8H2. The Bertz CT molecular complexity index is 469. The van der Waals surface area contributed by atoms with E-state index in [2.05, 4.69) is 21.2 Å². The van der Waals surface area contributed by atoms with E-state index in [-0.39, 0.29) is 11.0 Å². The average Bonchev–Trinajstić information content (AvgIpc) is 2.11. The first kappa shape index (κ1) is 12.1. The van der Waals surface area contributed by atoms with Gasteiger partial charge in [0.05, 0.1) is 11.0 Å². The van der Waals surface area contributed by atoms with E-state index in [4.69, 9.17) is 0 Å². The largest absolute Gasteiger partial charge is 0.314 e. The van der Waals surface area contributed by atoms with Gasteiger partial charge < -0.3 is 5.32 Å². The Kier molecular flexibility index (Phi) is 3.66. The van der Waals surface area contributed by atoms with Crippen LogP contribution >= 0.6 is 15.9 Å². The van der Waals surface area contributed by atoms with Crippen LogP contribution in [0.4, 0.5) is 0 Å². The van der Waals surface area contributed by atoms with Gasteiger partial charge in [0.2, 0.25) is 0 Å². The first-order chi connectivity index (χ1) is 7.58. The predicted molar refractivity (Wildman–Crippen MR) is 68.3 cm³/mol. The number of aryl methyl sites for hydroxylation is 1. The Morgan fingerprint density at radius 3 is 2.69 bits per heavy atom. The number of sulfone groups is 1. The molecule has 0 unspecified atom stereocenters. The summed E-state index contributed by atoms with van der Waals surface area (Å²) < 4.78 is 24.6. The van der Waals surface area contributed by atoms with Crippen molar-refractivity contribution >= 4 is 25.8 Å². The molecule has 5 heteroatoms. The summed E-state index contributed by atoms with van der Waals surface area (Å²) >= 11 is 3.38. The number of hydrogen-bond donors (Lipinski definition) is 1. The van der Waals surface area contributed by atoms with Crippen molar-refractivity contribution in [2.75, 3.05) is 18.8 Å². The third kappa shape index (κ3) is 2.84. The lowest BCUT2D eigenvalue weighted by Crippen LogP contribution is -2.52. The van der Waals surface area contributed by atoms with Gasteiger partial charge in [-0.25, -0.2) is 8.42 Å². The van der Waals surface area contributed by atoms with Crippen molar-refractivity contribution in [3.05, 3.63) is 34.3 Å². The molecule has 0 spiro atoms. The molecule has 2 rings (SSSR count). The fraction of sp³-hybridized carbons (Fsp3) is 0.455. The van der Waals surface area contributed by atoms with Crippen LogP contribution in [0.5, 0.6) is 0 Å². The molecule has 3 nitrogen and oxygen atoms in total. The lowest BCUT2D eigenvalue weighted by molar-refractivity contribution is 0.495. The number of hydrogen-bond acceptors (Lipinski definition) is 3. The predicted octanol–water partition coefficient (Wildman–Crippen LogP) is 1.38. The molecule has 1 N–H and O–H groups in total. The second kappa shape index (κ2) is 4.85. The lowest BCUT2D eigenvalue weighted by atomic mass is 10.2. The summed E-state index contributed by atoms with van der Waals surface area (Å²) in [4.78, 5) is 0. The molecule has 88 valence electrons. The Morgan fingerprint density at radius 2 is 2.12 bits per heavy atom. The Hall–Kier alpha value is -0.390. The van der Waals surface area contributed by atoms with Crippen molar-refractivity contribution < 1.29 is 8.42 Å². The fourth-order valence-corrected chi connectivity index (χ4v) is 3.68. The summed E-state index contributed by atoms with van der Waals surface area (Å²) in [5.74, 6) is 0.246. The van der Waals surface area contributed by atoms with E-state index in [1.54, 1.807) is 0 Å². The van der Waals surface area contributed by atoms with Gasteiger partial charge in [-0.15, -0.1) is 0 Å². The normalized spacial score (nSPS) is 17.1. The lowest BCUT2D eigenvalue weighted by Gasteiger charge is -2.26. The number of benzene rings is 1. The van der Waals surface area contributed by atoms with Crippen LogP contribution in [0.15, 0.2) is 28.7 Å². The number of nitrogens with one attached hydrogen (secondary N) is 1. The molecule has 0 atom stereocenters. The van der Waals surface area contributed by atoms with Crippen molar-refractivity contribution in [1.29, 1.82) is 0 Å². The molecule has 1 aromatic rings. The summed E-state index contributed by atoms with van der Waals surface area (Å²) in [6.45, 7) is 1.22. The molecule has 0 bridgehead atoms. The van der Waals surface area contributed by atoms with Gasteiger partial charge in [-0.1, -0.05) is 28.1 Å². The fourth-order valence-electron chi connectivity index (χ4n) is 1.64. The monoisotopic (exact) mass is 303 g/mol. The second-order valence-electron chi connectivity index (χ2n) is 4.03. The number of halogens is 1. The van der Waals surface area contributed by atoms with Gasteiger partial charge in [0.15, 0.2) is 9.84 Å². The van der Waals surface area contributed by atoms with Crippen LogP contribution in [0.3, 0.4) is 0 Å². The molecule has 1 aliphatic rings. The average molecular weight is 304 g/mol. The van der Waals surface area contributed by atoms with E-state index in [9.17, 15) is 8.42 Å². The smallest absolute Gasteiger partial charge is 0.155 e. The highest BCUT2D eigenvalue weighted by Gasteiger charge is 2.30. The zero-order valence-electron chi connectivity index (χ0n) is 8.82. The highest BCUT2D eigenvalue weighted by atomic mass is 79.9. The zero-order valence-corrected chi connectivity index (χ0v) is 11.2. The van der Waals surface area contributed by atoms with Crippen LogP contribution in [0.25, 0.3) is 0 Å². The molecule has 0 aromatic heterocycles. The molecule has 16 heavy (non-hydrogen) atoms. The summed E-state index contributed by atoms with van der Waals surface area (Å²) in [6.07, 6.45) is 0.596. The molecule has 1 aromatic carbocycles. The Labute approximate surface area is 104 Å². The van der Waals surface area contributed by atoms with Gasteiger partial charge in [-0.2, -0.15) is 0 Å². The molecule has 0 amide bonds. The van der Waals surface area contributed by atoms with Crippen LogP contribution in [0.2, 0.25) is 0 Å². The first-order valence-electron chi connectivity index (χ1n) is 5.25. The summed E-state index contributed by atoms with van der Waals surface area (Å²) in [5, 5.41) is 2.82. The SMILES string of the molecule is O=S(=O)(CCc1cccc(Br)c1)C1CNC1. The molecule has 1 fully saturated rings. The third-order valence-electron chi connectivity index (χ3n) is 2.82. The van der Waals surface area contributed by atoms with Crippen molar-refractivity contribution in [2.24, 2.45) is 0 Å². The van der Waals surface area contributed by atoms with E-state index >= 15 is 0 Å². The Morgan fingerprint density at radius 1 is 1.38 bits per heavy atom. The van der Waals surface area contributed by atoms with E-state index in [0.717, 1.165) is 10.0 Å². The molecule has 0 saturated carbocycles. The zero-order chi connectivity index (χ0) is 11.6. The van der Waals surface area contributed by atoms with Crippen molar-refractivity contribution in [1.82, 2.24) is 5.32 Å². The molecule has 1 saturated heterocycles. The van der Waals surface area contributed by atoms with E-state index in [0.29, 0.717) is 19.5 Å². The minimum Gasteiger partial charge on any atom is -0.314 e. The van der Waals surface area contributed by atoms with Gasteiger partial charge in [-0.3, -0.25) is 0 Å². The van der Waals surface area contributed by atoms with Gasteiger partial charge >= 0.3 is 0 Å². The minimum atomic E-state index is -2.91. The van der Waals surface area contributed by atoms with E-state index in [1.807, 2.05) is 24.3 Å². The maximum atomic E-state index is 11.8. The van der Waals surface area contributed by atoms with Crippen LogP contribution < -0.4 is 5.32 Å². The van der Waals surface area contributed by atoms with Gasteiger partial charge in [-0.05, 0) is 24.1 Å². The van der Waals surface area contributed by atoms with Crippen LogP contribution in [-0.4, -0.2) is 32.5 Å². The highest BCUT2D eigenvalue weighted by Crippen LogP contribution is 2.14. The van der Waals surface area contributed by atoms with E-state index in [1.165, 1.54) is 0 Å². The van der Waals surface area contributed by atoms with Crippen molar-refractivity contribution in [3.63, 3.8) is 0 Å².